The molecular weight excluding hydrogens is 246 g/mol. The Morgan fingerprint density at radius 1 is 1.35 bits per heavy atom. The van der Waals surface area contributed by atoms with Gasteiger partial charge in [-0.3, -0.25) is 4.79 Å². The number of ether oxygens (including phenoxy) is 2. The zero-order chi connectivity index (χ0) is 13.5. The quantitative estimate of drug-likeness (QED) is 0.589. The van der Waals surface area contributed by atoms with Gasteiger partial charge in [0.15, 0.2) is 0 Å². The molecule has 0 aromatic carbocycles. The average Bonchev–Trinajstić information content (AvgIpc) is 2.27. The molecule has 0 aliphatic rings. The fourth-order valence-corrected chi connectivity index (χ4v) is 2.67. The number of nitrogens with zero attached hydrogens (tertiary/aromatic N) is 1. The van der Waals surface area contributed by atoms with Gasteiger partial charge in [-0.2, -0.15) is 4.31 Å². The van der Waals surface area contributed by atoms with Crippen molar-refractivity contribution in [3.63, 3.8) is 0 Å². The van der Waals surface area contributed by atoms with Gasteiger partial charge in [-0.15, -0.1) is 0 Å². The van der Waals surface area contributed by atoms with Crippen molar-refractivity contribution in [2.45, 2.75) is 25.8 Å². The molecule has 7 heteroatoms. The Balaban J connectivity index is 4.23. The van der Waals surface area contributed by atoms with Crippen LogP contribution in [-0.4, -0.2) is 58.4 Å². The monoisotopic (exact) mass is 267 g/mol. The number of rotatable bonds is 8. The molecule has 0 amide bonds. The van der Waals surface area contributed by atoms with E-state index in [2.05, 4.69) is 4.74 Å². The lowest BCUT2D eigenvalue weighted by Gasteiger charge is -2.23. The van der Waals surface area contributed by atoms with E-state index in [0.29, 0.717) is 6.61 Å². The number of sulfonamides is 1. The molecular formula is C10H21NO5S. The van der Waals surface area contributed by atoms with Crippen LogP contribution in [0.1, 0.15) is 19.8 Å². The molecule has 0 fully saturated rings. The van der Waals surface area contributed by atoms with Gasteiger partial charge in [-0.1, -0.05) is 0 Å². The van der Waals surface area contributed by atoms with Crippen LogP contribution < -0.4 is 0 Å². The van der Waals surface area contributed by atoms with Crippen LogP contribution in [0.4, 0.5) is 0 Å². The lowest BCUT2D eigenvalue weighted by molar-refractivity contribution is -0.140. The maximum atomic E-state index is 11.8. The zero-order valence-corrected chi connectivity index (χ0v) is 11.6. The number of hydrogen-bond acceptors (Lipinski definition) is 5. The summed E-state index contributed by atoms with van der Waals surface area (Å²) in [6, 6.07) is -0.219. The maximum Gasteiger partial charge on any atom is 0.305 e. The van der Waals surface area contributed by atoms with E-state index in [1.165, 1.54) is 25.6 Å². The molecule has 0 bridgehead atoms. The van der Waals surface area contributed by atoms with Gasteiger partial charge in [0.25, 0.3) is 0 Å². The van der Waals surface area contributed by atoms with Gasteiger partial charge in [-0.25, -0.2) is 8.42 Å². The van der Waals surface area contributed by atoms with Crippen LogP contribution in [0.15, 0.2) is 0 Å². The third kappa shape index (κ3) is 5.99. The van der Waals surface area contributed by atoms with Crippen LogP contribution in [0.25, 0.3) is 0 Å². The van der Waals surface area contributed by atoms with Gasteiger partial charge in [0.1, 0.15) is 0 Å². The number of carbonyl (C=O) groups excluding carboxylic acids is 1. The van der Waals surface area contributed by atoms with Crippen molar-refractivity contribution >= 4 is 16.0 Å². The van der Waals surface area contributed by atoms with E-state index >= 15 is 0 Å². The molecule has 0 saturated heterocycles. The highest BCUT2D eigenvalue weighted by Crippen LogP contribution is 2.07. The highest BCUT2D eigenvalue weighted by atomic mass is 32.2. The van der Waals surface area contributed by atoms with Crippen LogP contribution >= 0.6 is 0 Å². The first kappa shape index (κ1) is 16.3. The van der Waals surface area contributed by atoms with Gasteiger partial charge >= 0.3 is 5.97 Å². The predicted molar refractivity (Wildman–Crippen MR) is 64.1 cm³/mol. The summed E-state index contributed by atoms with van der Waals surface area (Å²) in [4.78, 5) is 10.9. The van der Waals surface area contributed by atoms with E-state index in [9.17, 15) is 13.2 Å². The van der Waals surface area contributed by atoms with Crippen LogP contribution in [-0.2, 0) is 24.3 Å². The molecule has 0 rings (SSSR count). The number of methoxy groups -OCH3 is 2. The van der Waals surface area contributed by atoms with E-state index < -0.39 is 16.0 Å². The molecule has 0 aliphatic carbocycles. The van der Waals surface area contributed by atoms with Crippen molar-refractivity contribution in [1.82, 2.24) is 4.31 Å². The molecule has 0 radical (unpaired) electrons. The molecule has 0 spiro atoms. The first-order valence-corrected chi connectivity index (χ1v) is 6.97. The highest BCUT2D eigenvalue weighted by Gasteiger charge is 2.22. The van der Waals surface area contributed by atoms with Crippen LogP contribution in [0, 0.1) is 0 Å². The van der Waals surface area contributed by atoms with Gasteiger partial charge in [0, 0.05) is 26.6 Å². The summed E-state index contributed by atoms with van der Waals surface area (Å²) in [5, 5.41) is 0. The fraction of sp³-hybridized carbons (Fsp3) is 0.900. The van der Waals surface area contributed by atoms with E-state index in [4.69, 9.17) is 4.74 Å². The Morgan fingerprint density at radius 2 is 1.94 bits per heavy atom. The fourth-order valence-electron chi connectivity index (χ4n) is 1.27. The van der Waals surface area contributed by atoms with E-state index in [1.807, 2.05) is 0 Å². The lowest BCUT2D eigenvalue weighted by atomic mass is 10.3. The van der Waals surface area contributed by atoms with Gasteiger partial charge in [0.2, 0.25) is 10.0 Å². The van der Waals surface area contributed by atoms with E-state index in [1.54, 1.807) is 6.92 Å². The summed E-state index contributed by atoms with van der Waals surface area (Å²) >= 11 is 0. The van der Waals surface area contributed by atoms with E-state index in [-0.39, 0.29) is 24.6 Å². The Kier molecular flexibility index (Phi) is 7.33. The number of hydrogen-bond donors (Lipinski definition) is 0. The summed E-state index contributed by atoms with van der Waals surface area (Å²) in [5.41, 5.74) is 0. The van der Waals surface area contributed by atoms with Gasteiger partial charge in [0.05, 0.1) is 19.5 Å². The normalized spacial score (nSPS) is 13.7. The third-order valence-electron chi connectivity index (χ3n) is 2.48. The van der Waals surface area contributed by atoms with Gasteiger partial charge in [-0.05, 0) is 13.3 Å². The molecule has 0 heterocycles. The number of esters is 1. The highest BCUT2D eigenvalue weighted by molar-refractivity contribution is 7.89. The van der Waals surface area contributed by atoms with Crippen molar-refractivity contribution in [3.8, 4) is 0 Å². The molecule has 17 heavy (non-hydrogen) atoms. The topological polar surface area (TPSA) is 72.9 Å². The Morgan fingerprint density at radius 3 is 2.41 bits per heavy atom. The molecule has 1 atom stereocenters. The minimum Gasteiger partial charge on any atom is -0.469 e. The first-order chi connectivity index (χ1) is 7.85. The summed E-state index contributed by atoms with van der Waals surface area (Å²) < 4.78 is 34.3. The molecule has 0 aromatic heterocycles. The summed E-state index contributed by atoms with van der Waals surface area (Å²) in [5.74, 6) is -0.458. The van der Waals surface area contributed by atoms with Gasteiger partial charge < -0.3 is 9.47 Å². The molecule has 0 N–H and O–H groups in total. The van der Waals surface area contributed by atoms with Crippen molar-refractivity contribution in [2.75, 3.05) is 33.6 Å². The minimum absolute atomic E-state index is 0.0628. The SMILES string of the molecule is COCC(C)N(C)S(=O)(=O)CCCC(=O)OC. The standard InChI is InChI=1S/C10H21NO5S/c1-9(8-15-3)11(2)17(13,14)7-5-6-10(12)16-4/h9H,5-8H2,1-4H3. The zero-order valence-electron chi connectivity index (χ0n) is 10.8. The number of likely N-dealkylation sites (N-methyl/N-ethyl adjacent to an activating group) is 1. The number of carbonyl (C=O) groups is 1. The predicted octanol–water partition coefficient (Wildman–Crippen LogP) is 0.236. The molecule has 0 saturated carbocycles. The Labute approximate surface area is 103 Å². The van der Waals surface area contributed by atoms with Crippen molar-refractivity contribution < 1.29 is 22.7 Å². The van der Waals surface area contributed by atoms with Crippen molar-refractivity contribution in [1.29, 1.82) is 0 Å². The Bertz CT molecular complexity index is 328. The second-order valence-electron chi connectivity index (χ2n) is 3.82. The molecule has 0 aromatic rings. The summed E-state index contributed by atoms with van der Waals surface area (Å²) in [6.07, 6.45) is 0.376. The minimum atomic E-state index is -3.34. The molecule has 6 nitrogen and oxygen atoms in total. The first-order valence-electron chi connectivity index (χ1n) is 5.36. The second-order valence-corrected chi connectivity index (χ2v) is 5.96. The van der Waals surface area contributed by atoms with E-state index in [0.717, 1.165) is 0 Å². The van der Waals surface area contributed by atoms with Crippen molar-refractivity contribution in [2.24, 2.45) is 0 Å². The van der Waals surface area contributed by atoms with Crippen LogP contribution in [0.2, 0.25) is 0 Å². The smallest absolute Gasteiger partial charge is 0.305 e. The molecule has 1 unspecified atom stereocenters. The average molecular weight is 267 g/mol. The van der Waals surface area contributed by atoms with Crippen LogP contribution in [0.5, 0.6) is 0 Å². The molecule has 0 aliphatic heterocycles. The second kappa shape index (κ2) is 7.62. The van der Waals surface area contributed by atoms with Crippen LogP contribution in [0.3, 0.4) is 0 Å². The van der Waals surface area contributed by atoms with Crippen molar-refractivity contribution in [3.05, 3.63) is 0 Å². The third-order valence-corrected chi connectivity index (χ3v) is 4.52. The molecule has 102 valence electrons. The summed E-state index contributed by atoms with van der Waals surface area (Å²) in [6.45, 7) is 2.11. The largest absolute Gasteiger partial charge is 0.469 e. The lowest BCUT2D eigenvalue weighted by Crippen LogP contribution is -2.39. The maximum absolute atomic E-state index is 11.8. The summed E-state index contributed by atoms with van der Waals surface area (Å²) in [7, 11) is 0.974. The Hall–Kier alpha value is -0.660.